The number of halogens is 1. The van der Waals surface area contributed by atoms with Gasteiger partial charge in [0.2, 0.25) is 0 Å². The van der Waals surface area contributed by atoms with Crippen LogP contribution in [0.15, 0.2) is 4.76 Å². The van der Waals surface area contributed by atoms with Crippen molar-refractivity contribution in [2.45, 2.75) is 6.92 Å². The minimum Gasteiger partial charge on any atom is -0.243 e. The Kier molecular flexibility index (Phi) is 4.05. The Labute approximate surface area is 32.3 Å². The molecule has 0 aliphatic heterocycles. The molecule has 1 nitrogen and oxygen atoms in total. The second-order valence-electron chi connectivity index (χ2n) is 0.472. The van der Waals surface area contributed by atoms with Crippen LogP contribution in [0, 0.1) is 0 Å². The van der Waals surface area contributed by atoms with Gasteiger partial charge >= 0.3 is 0 Å². The number of hydrogen-bond acceptors (Lipinski definition) is 1. The smallest absolute Gasteiger partial charge is 0.188 e. The first kappa shape index (κ1) is 5.03. The summed E-state index contributed by atoms with van der Waals surface area (Å²) in [5.74, 6) is 0. The fourth-order valence-corrected chi connectivity index (χ4v) is 0.146. The molecule has 0 bridgehead atoms. The van der Waals surface area contributed by atoms with E-state index < -0.39 is 9.04 Å². The van der Waals surface area contributed by atoms with E-state index in [1.54, 1.807) is 6.92 Å². The Balaban J connectivity index is 2.62. The summed E-state index contributed by atoms with van der Waals surface area (Å²) in [6, 6.07) is 0. The highest BCUT2D eigenvalue weighted by atomic mass is 31.1. The summed E-state index contributed by atoms with van der Waals surface area (Å²) in [5, 5.41) is 0. The third-order valence-electron chi connectivity index (χ3n) is 0.178. The predicted molar refractivity (Wildman–Crippen MR) is 23.6 cm³/mol. The molecule has 0 saturated heterocycles. The van der Waals surface area contributed by atoms with E-state index in [0.717, 1.165) is 0 Å². The second kappa shape index (κ2) is 4.03. The molecule has 0 aromatic carbocycles. The lowest BCUT2D eigenvalue weighted by Crippen LogP contribution is -1.41. The lowest BCUT2D eigenvalue weighted by Gasteiger charge is -1.63. The minimum absolute atomic E-state index is 0.773. The predicted octanol–water partition coefficient (Wildman–Crippen LogP) is 1.56. The molecule has 0 radical (unpaired) electrons. The van der Waals surface area contributed by atoms with Gasteiger partial charge in [0.25, 0.3) is 0 Å². The first-order valence-corrected chi connectivity index (χ1v) is 2.07. The molecule has 0 N–H and O–H groups in total. The standard InChI is InChI=1S/C2H5FNP/c1-2-4-5-3/h2,5H,1H3. The van der Waals surface area contributed by atoms with Gasteiger partial charge in [-0.2, -0.15) is 0 Å². The molecule has 5 heavy (non-hydrogen) atoms. The van der Waals surface area contributed by atoms with Crippen LogP contribution >= 0.6 is 9.04 Å². The third-order valence-corrected chi connectivity index (χ3v) is 0.534. The SMILES string of the molecule is CC=NPF. The quantitative estimate of drug-likeness (QED) is 0.344. The van der Waals surface area contributed by atoms with Gasteiger partial charge in [-0.15, -0.1) is 0 Å². The highest BCUT2D eigenvalue weighted by molar-refractivity contribution is 7.30. The van der Waals surface area contributed by atoms with E-state index in [9.17, 15) is 4.20 Å². The van der Waals surface area contributed by atoms with Crippen molar-refractivity contribution in [3.05, 3.63) is 0 Å². The first-order valence-electron chi connectivity index (χ1n) is 1.25. The van der Waals surface area contributed by atoms with Crippen molar-refractivity contribution >= 4 is 15.3 Å². The summed E-state index contributed by atoms with van der Waals surface area (Å²) in [7, 11) is -0.773. The van der Waals surface area contributed by atoms with Gasteiger partial charge in [0.1, 0.15) is 0 Å². The van der Waals surface area contributed by atoms with Gasteiger partial charge in [-0.25, -0.2) is 8.96 Å². The molecule has 3 heteroatoms. The molecule has 0 fully saturated rings. The van der Waals surface area contributed by atoms with Crippen LogP contribution in [0.3, 0.4) is 0 Å². The molecular weight excluding hydrogens is 88.0 g/mol. The molecule has 0 aromatic rings. The molecule has 1 unspecified atom stereocenters. The van der Waals surface area contributed by atoms with Gasteiger partial charge in [-0.05, 0) is 6.92 Å². The van der Waals surface area contributed by atoms with Gasteiger partial charge < -0.3 is 0 Å². The van der Waals surface area contributed by atoms with Crippen LogP contribution in [0.4, 0.5) is 4.20 Å². The highest BCUT2D eigenvalue weighted by Gasteiger charge is 1.56. The monoisotopic (exact) mass is 93.0 g/mol. The topological polar surface area (TPSA) is 12.4 Å². The van der Waals surface area contributed by atoms with Crippen LogP contribution in [-0.2, 0) is 0 Å². The van der Waals surface area contributed by atoms with Crippen LogP contribution in [0.25, 0.3) is 0 Å². The van der Waals surface area contributed by atoms with Gasteiger partial charge in [-0.1, -0.05) is 0 Å². The van der Waals surface area contributed by atoms with Crippen molar-refractivity contribution < 1.29 is 4.20 Å². The highest BCUT2D eigenvalue weighted by Crippen LogP contribution is 2.08. The average Bonchev–Trinajstić information content (AvgIpc) is 1.41. The van der Waals surface area contributed by atoms with Gasteiger partial charge in [0, 0.05) is 6.21 Å². The van der Waals surface area contributed by atoms with Crippen molar-refractivity contribution in [3.8, 4) is 0 Å². The fraction of sp³-hybridized carbons (Fsp3) is 0.500. The summed E-state index contributed by atoms with van der Waals surface area (Å²) in [6.07, 6.45) is 1.44. The Morgan fingerprint density at radius 3 is 2.60 bits per heavy atom. The lowest BCUT2D eigenvalue weighted by atomic mass is 10.9. The van der Waals surface area contributed by atoms with Crippen molar-refractivity contribution in [2.75, 3.05) is 0 Å². The van der Waals surface area contributed by atoms with E-state index in [1.165, 1.54) is 6.21 Å². The number of nitrogens with zero attached hydrogens (tertiary/aromatic N) is 1. The molecule has 0 aliphatic rings. The maximum absolute atomic E-state index is 10.8. The number of hydrogen-bond donors (Lipinski definition) is 0. The van der Waals surface area contributed by atoms with Gasteiger partial charge in [0.15, 0.2) is 9.04 Å². The molecule has 0 heterocycles. The van der Waals surface area contributed by atoms with Crippen LogP contribution in [0.1, 0.15) is 6.92 Å². The Morgan fingerprint density at radius 2 is 2.60 bits per heavy atom. The largest absolute Gasteiger partial charge is 0.243 e. The zero-order valence-electron chi connectivity index (χ0n) is 2.90. The van der Waals surface area contributed by atoms with Gasteiger partial charge in [-0.3, -0.25) is 0 Å². The maximum Gasteiger partial charge on any atom is 0.188 e. The van der Waals surface area contributed by atoms with Crippen LogP contribution in [-0.4, -0.2) is 6.21 Å². The van der Waals surface area contributed by atoms with E-state index in [4.69, 9.17) is 0 Å². The fourth-order valence-electron chi connectivity index (χ4n) is 0.0488. The molecule has 30 valence electrons. The zero-order chi connectivity index (χ0) is 4.12. The molecule has 1 atom stereocenters. The normalized spacial score (nSPS) is 12.4. The zero-order valence-corrected chi connectivity index (χ0v) is 3.90. The molecule has 0 aliphatic carbocycles. The summed E-state index contributed by atoms with van der Waals surface area (Å²) in [4.78, 5) is 0. The third kappa shape index (κ3) is 4.03. The van der Waals surface area contributed by atoms with Crippen LogP contribution in [0.5, 0.6) is 0 Å². The van der Waals surface area contributed by atoms with E-state index in [2.05, 4.69) is 4.76 Å². The molecule has 0 saturated carbocycles. The minimum atomic E-state index is -0.773. The molecule has 0 amide bonds. The molecule has 0 spiro atoms. The van der Waals surface area contributed by atoms with Crippen molar-refractivity contribution in [1.82, 2.24) is 0 Å². The average molecular weight is 93.0 g/mol. The van der Waals surface area contributed by atoms with Crippen molar-refractivity contribution in [3.63, 3.8) is 0 Å². The van der Waals surface area contributed by atoms with E-state index in [0.29, 0.717) is 0 Å². The van der Waals surface area contributed by atoms with E-state index >= 15 is 0 Å². The lowest BCUT2D eigenvalue weighted by molar-refractivity contribution is 0.918. The summed E-state index contributed by atoms with van der Waals surface area (Å²) in [6.45, 7) is 1.69. The van der Waals surface area contributed by atoms with Gasteiger partial charge in [0.05, 0.1) is 0 Å². The van der Waals surface area contributed by atoms with Crippen LogP contribution < -0.4 is 0 Å². The van der Waals surface area contributed by atoms with Crippen molar-refractivity contribution in [2.24, 2.45) is 4.76 Å². The Bertz CT molecular complexity index is 36.6. The molecule has 0 rings (SSSR count). The van der Waals surface area contributed by atoms with E-state index in [1.807, 2.05) is 0 Å². The summed E-state index contributed by atoms with van der Waals surface area (Å²) < 4.78 is 14.0. The summed E-state index contributed by atoms with van der Waals surface area (Å²) >= 11 is 0. The molecular formula is C2H5FNP. The van der Waals surface area contributed by atoms with E-state index in [-0.39, 0.29) is 0 Å². The maximum atomic E-state index is 10.8. The van der Waals surface area contributed by atoms with Crippen molar-refractivity contribution in [1.29, 1.82) is 0 Å². The second-order valence-corrected chi connectivity index (χ2v) is 0.899. The van der Waals surface area contributed by atoms with Crippen LogP contribution in [0.2, 0.25) is 0 Å². The first-order chi connectivity index (χ1) is 2.41. The molecule has 0 aromatic heterocycles. The number of rotatable bonds is 1. The summed E-state index contributed by atoms with van der Waals surface area (Å²) in [5.41, 5.74) is 0. The Morgan fingerprint density at radius 1 is 2.00 bits per heavy atom. The Hall–Kier alpha value is 0.0300.